The number of H-pyrrole nitrogens is 1. The van der Waals surface area contributed by atoms with Crippen molar-refractivity contribution in [2.75, 3.05) is 18.5 Å². The fraction of sp³-hybridized carbons (Fsp3) is 0.467. The van der Waals surface area contributed by atoms with E-state index in [0.717, 1.165) is 30.5 Å². The second-order valence-electron chi connectivity index (χ2n) is 5.44. The molecule has 3 rings (SSSR count). The highest BCUT2D eigenvalue weighted by molar-refractivity contribution is 5.91. The molecule has 8 nitrogen and oxygen atoms in total. The SMILES string of the molecule is CCOCC(=O)Nc1cc(C)nn1-c1nc2c(c(=O)[nH]1)CCC2. The van der Waals surface area contributed by atoms with Crippen molar-refractivity contribution in [3.8, 4) is 5.95 Å². The van der Waals surface area contributed by atoms with E-state index in [1.54, 1.807) is 13.0 Å². The maximum Gasteiger partial charge on any atom is 0.255 e. The molecule has 2 heterocycles. The molecule has 8 heteroatoms. The normalized spacial score (nSPS) is 13.1. The van der Waals surface area contributed by atoms with Crippen molar-refractivity contribution in [1.29, 1.82) is 0 Å². The van der Waals surface area contributed by atoms with Gasteiger partial charge in [0.1, 0.15) is 12.4 Å². The largest absolute Gasteiger partial charge is 0.372 e. The van der Waals surface area contributed by atoms with Crippen LogP contribution in [0.5, 0.6) is 0 Å². The quantitative estimate of drug-likeness (QED) is 0.846. The zero-order valence-electron chi connectivity index (χ0n) is 13.2. The van der Waals surface area contributed by atoms with Gasteiger partial charge >= 0.3 is 0 Å². The third-order valence-electron chi connectivity index (χ3n) is 3.67. The van der Waals surface area contributed by atoms with Gasteiger partial charge in [-0.3, -0.25) is 14.6 Å². The summed E-state index contributed by atoms with van der Waals surface area (Å²) in [5.41, 5.74) is 2.13. The van der Waals surface area contributed by atoms with Gasteiger partial charge in [-0.15, -0.1) is 0 Å². The van der Waals surface area contributed by atoms with E-state index in [2.05, 4.69) is 20.4 Å². The molecule has 1 aliphatic carbocycles. The van der Waals surface area contributed by atoms with Gasteiger partial charge < -0.3 is 10.1 Å². The third kappa shape index (κ3) is 3.16. The molecule has 0 atom stereocenters. The van der Waals surface area contributed by atoms with Crippen LogP contribution in [-0.4, -0.2) is 38.9 Å². The fourth-order valence-corrected chi connectivity index (χ4v) is 2.65. The Morgan fingerprint density at radius 2 is 2.30 bits per heavy atom. The van der Waals surface area contributed by atoms with E-state index in [1.165, 1.54) is 4.68 Å². The molecule has 0 aromatic carbocycles. The molecule has 122 valence electrons. The zero-order valence-corrected chi connectivity index (χ0v) is 13.2. The summed E-state index contributed by atoms with van der Waals surface area (Å²) in [5, 5.41) is 7.04. The zero-order chi connectivity index (χ0) is 16.4. The van der Waals surface area contributed by atoms with Gasteiger partial charge in [0.25, 0.3) is 11.5 Å². The van der Waals surface area contributed by atoms with Crippen LogP contribution in [0.1, 0.15) is 30.3 Å². The minimum atomic E-state index is -0.281. The summed E-state index contributed by atoms with van der Waals surface area (Å²) in [6.07, 6.45) is 2.48. The number of aryl methyl sites for hydroxylation is 2. The number of rotatable bonds is 5. The number of fused-ring (bicyclic) bond motifs is 1. The molecule has 0 fully saturated rings. The standard InChI is InChI=1S/C15H19N5O3/c1-3-23-8-13(21)17-12-7-9(2)19-20(12)15-16-11-6-4-5-10(11)14(22)18-15/h7H,3-6,8H2,1-2H3,(H,17,21)(H,16,18,22). The van der Waals surface area contributed by atoms with E-state index < -0.39 is 0 Å². The summed E-state index contributed by atoms with van der Waals surface area (Å²) < 4.78 is 6.53. The number of aromatic amines is 1. The molecular formula is C15H19N5O3. The minimum Gasteiger partial charge on any atom is -0.372 e. The maximum absolute atomic E-state index is 12.1. The molecule has 0 saturated carbocycles. The van der Waals surface area contributed by atoms with Crippen molar-refractivity contribution in [2.24, 2.45) is 0 Å². The summed E-state index contributed by atoms with van der Waals surface area (Å²) in [6, 6.07) is 1.72. The van der Waals surface area contributed by atoms with Crippen LogP contribution >= 0.6 is 0 Å². The number of hydrogen-bond donors (Lipinski definition) is 2. The first kappa shape index (κ1) is 15.4. The molecular weight excluding hydrogens is 298 g/mol. The van der Waals surface area contributed by atoms with E-state index >= 15 is 0 Å². The van der Waals surface area contributed by atoms with Crippen LogP contribution in [0.3, 0.4) is 0 Å². The summed E-state index contributed by atoms with van der Waals surface area (Å²) in [5.74, 6) is 0.486. The van der Waals surface area contributed by atoms with E-state index in [4.69, 9.17) is 4.74 Å². The second-order valence-corrected chi connectivity index (χ2v) is 5.44. The van der Waals surface area contributed by atoms with E-state index in [9.17, 15) is 9.59 Å². The van der Waals surface area contributed by atoms with Crippen LogP contribution in [-0.2, 0) is 22.4 Å². The van der Waals surface area contributed by atoms with Gasteiger partial charge in [-0.1, -0.05) is 0 Å². The lowest BCUT2D eigenvalue weighted by atomic mass is 10.3. The van der Waals surface area contributed by atoms with Gasteiger partial charge in [0.05, 0.1) is 11.4 Å². The summed E-state index contributed by atoms with van der Waals surface area (Å²) in [7, 11) is 0. The second kappa shape index (κ2) is 6.33. The fourth-order valence-electron chi connectivity index (χ4n) is 2.65. The smallest absolute Gasteiger partial charge is 0.255 e. The monoisotopic (exact) mass is 317 g/mol. The molecule has 0 spiro atoms. The average molecular weight is 317 g/mol. The highest BCUT2D eigenvalue weighted by Crippen LogP contribution is 2.19. The number of carbonyl (C=O) groups is 1. The predicted molar refractivity (Wildman–Crippen MR) is 83.9 cm³/mol. The lowest BCUT2D eigenvalue weighted by Gasteiger charge is -2.09. The number of nitrogens with zero attached hydrogens (tertiary/aromatic N) is 3. The summed E-state index contributed by atoms with van der Waals surface area (Å²) in [4.78, 5) is 31.2. The van der Waals surface area contributed by atoms with Crippen LogP contribution in [0.15, 0.2) is 10.9 Å². The Morgan fingerprint density at radius 1 is 1.48 bits per heavy atom. The lowest BCUT2D eigenvalue weighted by Crippen LogP contribution is -2.23. The van der Waals surface area contributed by atoms with Gasteiger partial charge in [-0.05, 0) is 33.1 Å². The van der Waals surface area contributed by atoms with Crippen molar-refractivity contribution in [3.63, 3.8) is 0 Å². The van der Waals surface area contributed by atoms with Crippen molar-refractivity contribution in [1.82, 2.24) is 19.7 Å². The Bertz CT molecular complexity index is 793. The molecule has 2 N–H and O–H groups in total. The third-order valence-corrected chi connectivity index (χ3v) is 3.67. The summed E-state index contributed by atoms with van der Waals surface area (Å²) in [6.45, 7) is 4.06. The molecule has 1 amide bonds. The van der Waals surface area contributed by atoms with Gasteiger partial charge in [0.15, 0.2) is 0 Å². The van der Waals surface area contributed by atoms with Crippen molar-refractivity contribution < 1.29 is 9.53 Å². The maximum atomic E-state index is 12.1. The van der Waals surface area contributed by atoms with Gasteiger partial charge in [0.2, 0.25) is 5.95 Å². The topological polar surface area (TPSA) is 102 Å². The lowest BCUT2D eigenvalue weighted by molar-refractivity contribution is -0.120. The number of ether oxygens (including phenoxy) is 1. The molecule has 0 unspecified atom stereocenters. The molecule has 2 aromatic rings. The number of nitrogens with one attached hydrogen (secondary N) is 2. The first-order valence-corrected chi connectivity index (χ1v) is 7.65. The number of amides is 1. The molecule has 1 aliphatic rings. The molecule has 0 radical (unpaired) electrons. The van der Waals surface area contributed by atoms with E-state index in [-0.39, 0.29) is 18.1 Å². The van der Waals surface area contributed by atoms with Crippen LogP contribution in [0, 0.1) is 6.92 Å². The van der Waals surface area contributed by atoms with E-state index in [0.29, 0.717) is 24.1 Å². The van der Waals surface area contributed by atoms with Crippen molar-refractivity contribution >= 4 is 11.7 Å². The van der Waals surface area contributed by atoms with Crippen molar-refractivity contribution in [2.45, 2.75) is 33.1 Å². The van der Waals surface area contributed by atoms with Crippen LogP contribution < -0.4 is 10.9 Å². The van der Waals surface area contributed by atoms with Crippen LogP contribution in [0.25, 0.3) is 5.95 Å². The van der Waals surface area contributed by atoms with Crippen molar-refractivity contribution in [3.05, 3.63) is 33.4 Å². The Labute approximate surface area is 132 Å². The molecule has 0 saturated heterocycles. The van der Waals surface area contributed by atoms with Gasteiger partial charge in [-0.2, -0.15) is 9.78 Å². The predicted octanol–water partition coefficient (Wildman–Crippen LogP) is 0.728. The number of carbonyl (C=O) groups excluding carboxylic acids is 1. The molecule has 0 bridgehead atoms. The minimum absolute atomic E-state index is 0.0329. The molecule has 0 aliphatic heterocycles. The van der Waals surface area contributed by atoms with Crippen LogP contribution in [0.2, 0.25) is 0 Å². The number of aromatic nitrogens is 4. The first-order chi connectivity index (χ1) is 11.1. The Balaban J connectivity index is 1.93. The number of hydrogen-bond acceptors (Lipinski definition) is 5. The molecule has 2 aromatic heterocycles. The molecule has 23 heavy (non-hydrogen) atoms. The van der Waals surface area contributed by atoms with E-state index in [1.807, 2.05) is 6.92 Å². The van der Waals surface area contributed by atoms with Gasteiger partial charge in [-0.25, -0.2) is 4.98 Å². The van der Waals surface area contributed by atoms with Gasteiger partial charge in [0, 0.05) is 18.2 Å². The summed E-state index contributed by atoms with van der Waals surface area (Å²) >= 11 is 0. The Kier molecular flexibility index (Phi) is 4.24. The Hall–Kier alpha value is -2.48. The van der Waals surface area contributed by atoms with Crippen LogP contribution in [0.4, 0.5) is 5.82 Å². The first-order valence-electron chi connectivity index (χ1n) is 7.65. The highest BCUT2D eigenvalue weighted by Gasteiger charge is 2.19. The Morgan fingerprint density at radius 3 is 3.09 bits per heavy atom. The highest BCUT2D eigenvalue weighted by atomic mass is 16.5. The average Bonchev–Trinajstić information content (AvgIpc) is 3.11. The number of anilines is 1.